The van der Waals surface area contributed by atoms with Gasteiger partial charge in [-0.1, -0.05) is 14.4 Å². The van der Waals surface area contributed by atoms with Gasteiger partial charge in [-0.3, -0.25) is 4.57 Å². The third-order valence-electron chi connectivity index (χ3n) is 3.51. The fraction of sp³-hybridized carbons (Fsp3) is 0.667. The molecule has 0 bridgehead atoms. The predicted octanol–water partition coefficient (Wildman–Crippen LogP) is 0.128. The molecule has 1 aliphatic rings. The summed E-state index contributed by atoms with van der Waals surface area (Å²) < 4.78 is 33.9. The lowest BCUT2D eigenvalue weighted by molar-refractivity contribution is -0.145. The Morgan fingerprint density at radius 1 is 1.57 bits per heavy atom. The van der Waals surface area contributed by atoms with E-state index in [9.17, 15) is 23.8 Å². The number of aliphatic hydroxyl groups excluding tert-OH is 2. The van der Waals surface area contributed by atoms with Crippen molar-refractivity contribution in [1.29, 1.82) is 0 Å². The van der Waals surface area contributed by atoms with Gasteiger partial charge in [0.25, 0.3) is 0 Å². The molecule has 0 aliphatic carbocycles. The van der Waals surface area contributed by atoms with E-state index in [1.807, 2.05) is 0 Å². The monoisotopic (exact) mass is 307 g/mol. The molecular weight excluding hydrogens is 288 g/mol. The number of nitrogens with two attached hydrogens (primary N) is 1. The Morgan fingerprint density at radius 3 is 2.62 bits per heavy atom. The average molecular weight is 307 g/mol. The fourth-order valence-electron chi connectivity index (χ4n) is 2.21. The second-order valence-electron chi connectivity index (χ2n) is 4.67. The van der Waals surface area contributed by atoms with Gasteiger partial charge in [-0.2, -0.15) is 13.8 Å². The van der Waals surface area contributed by atoms with Crippen LogP contribution in [-0.2, 0) is 4.74 Å². The summed E-state index contributed by atoms with van der Waals surface area (Å²) in [5, 5.41) is 19.0. The summed E-state index contributed by atoms with van der Waals surface area (Å²) in [5.74, 6) is -3.86. The van der Waals surface area contributed by atoms with Crippen molar-refractivity contribution in [2.75, 3.05) is 12.3 Å². The summed E-state index contributed by atoms with van der Waals surface area (Å²) in [7, 11) is 0. The molecule has 0 amide bonds. The van der Waals surface area contributed by atoms with Crippen LogP contribution in [0.4, 0.5) is 14.6 Å². The zero-order valence-electron chi connectivity index (χ0n) is 10.7. The van der Waals surface area contributed by atoms with Gasteiger partial charge in [-0.25, -0.2) is 4.79 Å². The van der Waals surface area contributed by atoms with Crippen LogP contribution in [0.5, 0.6) is 0 Å². The Bertz CT molecular complexity index is 560. The van der Waals surface area contributed by atoms with Gasteiger partial charge in [0.05, 0.1) is 6.61 Å². The molecule has 4 N–H and O–H groups in total. The minimum atomic E-state index is -3.75. The highest BCUT2D eigenvalue weighted by Gasteiger charge is 2.66. The standard InChI is InChI=1S/C11H15F2N3O4.CH4/c1-2-10(5-17)7(18)11(12,13)8(20-10)16-4-3-6(14)15-9(16)19;/h3-4,7-8,17-18H,2,5H2,1H3,(H2,14,15,19);1H4/t7-,8-,10-;/m1./s1. The van der Waals surface area contributed by atoms with Gasteiger partial charge in [0.1, 0.15) is 11.4 Å². The number of ether oxygens (including phenoxy) is 1. The van der Waals surface area contributed by atoms with Crippen LogP contribution >= 0.6 is 0 Å². The highest BCUT2D eigenvalue weighted by atomic mass is 19.3. The van der Waals surface area contributed by atoms with E-state index in [1.54, 1.807) is 0 Å². The van der Waals surface area contributed by atoms with Crippen molar-refractivity contribution in [3.63, 3.8) is 0 Å². The molecule has 2 heterocycles. The van der Waals surface area contributed by atoms with E-state index in [0.29, 0.717) is 4.57 Å². The summed E-state index contributed by atoms with van der Waals surface area (Å²) in [4.78, 5) is 15.0. The van der Waals surface area contributed by atoms with Crippen molar-refractivity contribution >= 4 is 5.82 Å². The number of hydrogen-bond donors (Lipinski definition) is 3. The zero-order valence-corrected chi connectivity index (χ0v) is 10.7. The number of anilines is 1. The Kier molecular flexibility index (Phi) is 4.71. The molecule has 0 aromatic carbocycles. The molecule has 1 fully saturated rings. The first kappa shape index (κ1) is 17.5. The SMILES string of the molecule is C.CC[C@]1(CO)O[C@@H](n2ccc(N)nc2=O)C(F)(F)[C@@H]1O. The average Bonchev–Trinajstić information content (AvgIpc) is 2.60. The molecule has 120 valence electrons. The third-order valence-corrected chi connectivity index (χ3v) is 3.51. The molecule has 21 heavy (non-hydrogen) atoms. The number of aliphatic hydroxyl groups is 2. The van der Waals surface area contributed by atoms with Gasteiger partial charge < -0.3 is 20.7 Å². The van der Waals surface area contributed by atoms with Crippen molar-refractivity contribution in [2.45, 2.75) is 44.6 Å². The van der Waals surface area contributed by atoms with E-state index >= 15 is 0 Å². The number of alkyl halides is 2. The molecule has 1 aliphatic heterocycles. The molecule has 7 nitrogen and oxygen atoms in total. The van der Waals surface area contributed by atoms with Crippen molar-refractivity contribution in [2.24, 2.45) is 0 Å². The topological polar surface area (TPSA) is 111 Å². The molecule has 9 heteroatoms. The molecule has 1 aromatic rings. The molecule has 3 atom stereocenters. The Labute approximate surface area is 120 Å². The molecule has 0 spiro atoms. The first-order chi connectivity index (χ1) is 9.28. The van der Waals surface area contributed by atoms with Crippen molar-refractivity contribution in [3.8, 4) is 0 Å². The Hall–Kier alpha value is -1.58. The first-order valence-electron chi connectivity index (χ1n) is 5.97. The number of rotatable bonds is 3. The lowest BCUT2D eigenvalue weighted by atomic mass is 9.93. The second-order valence-corrected chi connectivity index (χ2v) is 4.67. The van der Waals surface area contributed by atoms with E-state index in [-0.39, 0.29) is 19.7 Å². The lowest BCUT2D eigenvalue weighted by Gasteiger charge is -2.27. The molecule has 1 aromatic heterocycles. The second kappa shape index (κ2) is 5.66. The van der Waals surface area contributed by atoms with Gasteiger partial charge in [0.2, 0.25) is 6.23 Å². The van der Waals surface area contributed by atoms with Gasteiger partial charge in [0, 0.05) is 6.20 Å². The Morgan fingerprint density at radius 2 is 2.19 bits per heavy atom. The van der Waals surface area contributed by atoms with Crippen LogP contribution < -0.4 is 11.4 Å². The fourth-order valence-corrected chi connectivity index (χ4v) is 2.21. The normalized spacial score (nSPS) is 30.9. The van der Waals surface area contributed by atoms with Crippen molar-refractivity contribution in [3.05, 3.63) is 22.7 Å². The molecule has 2 rings (SSSR count). The molecule has 0 radical (unpaired) electrons. The predicted molar refractivity (Wildman–Crippen MR) is 70.8 cm³/mol. The van der Waals surface area contributed by atoms with Crippen LogP contribution in [0.3, 0.4) is 0 Å². The number of halogens is 2. The summed E-state index contributed by atoms with van der Waals surface area (Å²) in [5.41, 5.74) is 2.44. The van der Waals surface area contributed by atoms with E-state index < -0.39 is 36.2 Å². The maximum Gasteiger partial charge on any atom is 0.351 e. The third kappa shape index (κ3) is 2.52. The summed E-state index contributed by atoms with van der Waals surface area (Å²) >= 11 is 0. The van der Waals surface area contributed by atoms with Gasteiger partial charge in [0.15, 0.2) is 6.10 Å². The minimum Gasteiger partial charge on any atom is -0.393 e. The largest absolute Gasteiger partial charge is 0.393 e. The van der Waals surface area contributed by atoms with Gasteiger partial charge in [-0.05, 0) is 12.5 Å². The maximum absolute atomic E-state index is 14.1. The van der Waals surface area contributed by atoms with Gasteiger partial charge in [-0.15, -0.1) is 0 Å². The maximum atomic E-state index is 14.1. The van der Waals surface area contributed by atoms with Gasteiger partial charge >= 0.3 is 11.6 Å². The van der Waals surface area contributed by atoms with Crippen molar-refractivity contribution in [1.82, 2.24) is 9.55 Å². The van der Waals surface area contributed by atoms with E-state index in [4.69, 9.17) is 10.5 Å². The van der Waals surface area contributed by atoms with Crippen LogP contribution in [-0.4, -0.2) is 44.0 Å². The highest BCUT2D eigenvalue weighted by Crippen LogP contribution is 2.48. The molecule has 0 unspecified atom stereocenters. The molecule has 0 saturated carbocycles. The minimum absolute atomic E-state index is 0. The first-order valence-corrected chi connectivity index (χ1v) is 5.97. The summed E-state index contributed by atoms with van der Waals surface area (Å²) in [6.45, 7) is 0.690. The summed E-state index contributed by atoms with van der Waals surface area (Å²) in [6, 6.07) is 1.16. The summed E-state index contributed by atoms with van der Waals surface area (Å²) in [6.07, 6.45) is -3.32. The highest BCUT2D eigenvalue weighted by molar-refractivity contribution is 5.24. The smallest absolute Gasteiger partial charge is 0.351 e. The van der Waals surface area contributed by atoms with Crippen LogP contribution in [0.15, 0.2) is 17.1 Å². The molecule has 1 saturated heterocycles. The van der Waals surface area contributed by atoms with Crippen LogP contribution in [0.2, 0.25) is 0 Å². The van der Waals surface area contributed by atoms with Crippen LogP contribution in [0.25, 0.3) is 0 Å². The lowest BCUT2D eigenvalue weighted by Crippen LogP contribution is -2.48. The van der Waals surface area contributed by atoms with E-state index in [0.717, 1.165) is 12.3 Å². The zero-order chi connectivity index (χ0) is 15.1. The number of nitrogen functional groups attached to an aromatic ring is 1. The Balaban J connectivity index is 0.00000220. The van der Waals surface area contributed by atoms with Crippen molar-refractivity contribution < 1.29 is 23.7 Å². The van der Waals surface area contributed by atoms with Crippen LogP contribution in [0, 0.1) is 0 Å². The number of hydrogen-bond acceptors (Lipinski definition) is 6. The van der Waals surface area contributed by atoms with E-state index in [2.05, 4.69) is 4.98 Å². The molecular formula is C12H19F2N3O4. The number of aromatic nitrogens is 2. The van der Waals surface area contributed by atoms with E-state index in [1.165, 1.54) is 6.92 Å². The van der Waals surface area contributed by atoms with Crippen LogP contribution in [0.1, 0.15) is 27.0 Å². The quantitative estimate of drug-likeness (QED) is 0.732. The number of nitrogens with zero attached hydrogens (tertiary/aromatic N) is 2.